The summed E-state index contributed by atoms with van der Waals surface area (Å²) < 4.78 is 75.8. The number of alkyl halides is 6. The summed E-state index contributed by atoms with van der Waals surface area (Å²) in [6, 6.07) is 0. The van der Waals surface area contributed by atoms with Crippen LogP contribution in [0.1, 0.15) is 18.3 Å². The van der Waals surface area contributed by atoms with Crippen LogP contribution in [0.25, 0.3) is 0 Å². The smallest absolute Gasteiger partial charge is 0.228 e. The van der Waals surface area contributed by atoms with Crippen molar-refractivity contribution in [2.45, 2.75) is 25.8 Å². The van der Waals surface area contributed by atoms with Crippen molar-refractivity contribution >= 4 is 0 Å². The van der Waals surface area contributed by atoms with Gasteiger partial charge in [0.25, 0.3) is 11.4 Å². The Kier molecular flexibility index (Phi) is 2.95. The average Bonchev–Trinajstić information content (AvgIpc) is 2.40. The first-order valence-corrected chi connectivity index (χ1v) is 4.32. The maximum atomic E-state index is 12.5. The molecule has 0 N–H and O–H groups in total. The van der Waals surface area contributed by atoms with E-state index in [4.69, 9.17) is 0 Å². The van der Waals surface area contributed by atoms with E-state index in [9.17, 15) is 26.3 Å². The van der Waals surface area contributed by atoms with Crippen molar-refractivity contribution in [3.05, 3.63) is 17.7 Å². The first kappa shape index (κ1) is 12.9. The fourth-order valence-corrected chi connectivity index (χ4v) is 1.50. The molecule has 0 saturated heterocycles. The fraction of sp³-hybridized carbons (Fsp3) is 0.625. The number of aryl methyl sites for hydroxylation is 2. The SMILES string of the molecule is CCn1c[n+](C)c(C(F)(F)F)c1C(F)(F)F. The van der Waals surface area contributed by atoms with Crippen LogP contribution in [0.3, 0.4) is 0 Å². The lowest BCUT2D eigenvalue weighted by Gasteiger charge is -2.08. The van der Waals surface area contributed by atoms with Crippen LogP contribution in [0.2, 0.25) is 0 Å². The van der Waals surface area contributed by atoms with Gasteiger partial charge in [0.05, 0.1) is 13.6 Å². The predicted octanol–water partition coefficient (Wildman–Crippen LogP) is 2.37. The quantitative estimate of drug-likeness (QED) is 0.532. The topological polar surface area (TPSA) is 8.81 Å². The third-order valence-corrected chi connectivity index (χ3v) is 2.05. The van der Waals surface area contributed by atoms with Gasteiger partial charge in [0.15, 0.2) is 0 Å². The van der Waals surface area contributed by atoms with E-state index in [1.165, 1.54) is 6.92 Å². The number of hydrogen-bond acceptors (Lipinski definition) is 0. The van der Waals surface area contributed by atoms with Crippen molar-refractivity contribution in [1.82, 2.24) is 4.57 Å². The average molecular weight is 247 g/mol. The van der Waals surface area contributed by atoms with Crippen LogP contribution in [0.4, 0.5) is 26.3 Å². The fourth-order valence-electron chi connectivity index (χ4n) is 1.50. The standard InChI is InChI=1S/C8H9F6N2/c1-3-16-4-15(2)5(7(9,10)11)6(16)8(12,13)14/h4H,3H2,1-2H3/q+1. The Hall–Kier alpha value is -1.21. The first-order chi connectivity index (χ1) is 7.09. The third-order valence-electron chi connectivity index (χ3n) is 2.05. The highest BCUT2D eigenvalue weighted by molar-refractivity contribution is 5.15. The summed E-state index contributed by atoms with van der Waals surface area (Å²) in [6.07, 6.45) is -9.27. The molecule has 1 rings (SSSR count). The van der Waals surface area contributed by atoms with Crippen molar-refractivity contribution in [3.63, 3.8) is 0 Å². The van der Waals surface area contributed by atoms with E-state index in [1.807, 2.05) is 0 Å². The predicted molar refractivity (Wildman–Crippen MR) is 41.3 cm³/mol. The molecule has 1 aromatic heterocycles. The van der Waals surface area contributed by atoms with Crippen molar-refractivity contribution in [2.24, 2.45) is 7.05 Å². The van der Waals surface area contributed by atoms with E-state index < -0.39 is 23.7 Å². The lowest BCUT2D eigenvalue weighted by atomic mass is 10.3. The zero-order valence-corrected chi connectivity index (χ0v) is 8.45. The molecule has 0 unspecified atom stereocenters. The lowest BCUT2D eigenvalue weighted by molar-refractivity contribution is -0.690. The van der Waals surface area contributed by atoms with Gasteiger partial charge in [-0.05, 0) is 6.92 Å². The number of nitrogens with zero attached hydrogens (tertiary/aromatic N) is 2. The molecular formula is C8H9F6N2+. The van der Waals surface area contributed by atoms with Crippen LogP contribution in [-0.4, -0.2) is 4.57 Å². The Morgan fingerprint density at radius 3 is 1.94 bits per heavy atom. The zero-order valence-electron chi connectivity index (χ0n) is 8.45. The van der Waals surface area contributed by atoms with Gasteiger partial charge in [-0.3, -0.25) is 0 Å². The van der Waals surface area contributed by atoms with E-state index >= 15 is 0 Å². The molecule has 0 aromatic carbocycles. The van der Waals surface area contributed by atoms with Gasteiger partial charge in [-0.1, -0.05) is 0 Å². The lowest BCUT2D eigenvalue weighted by Crippen LogP contribution is -2.36. The third kappa shape index (κ3) is 2.14. The maximum Gasteiger partial charge on any atom is 0.457 e. The van der Waals surface area contributed by atoms with Crippen molar-refractivity contribution < 1.29 is 30.9 Å². The molecule has 16 heavy (non-hydrogen) atoms. The minimum absolute atomic E-state index is 0.182. The highest BCUT2D eigenvalue weighted by atomic mass is 19.4. The highest BCUT2D eigenvalue weighted by Gasteiger charge is 2.53. The molecule has 8 heteroatoms. The Balaban J connectivity index is 3.54. The molecule has 0 radical (unpaired) electrons. The first-order valence-electron chi connectivity index (χ1n) is 4.32. The highest BCUT2D eigenvalue weighted by Crippen LogP contribution is 2.38. The second-order valence-electron chi connectivity index (χ2n) is 3.21. The molecule has 0 saturated carbocycles. The summed E-state index contributed by atoms with van der Waals surface area (Å²) >= 11 is 0. The maximum absolute atomic E-state index is 12.5. The second-order valence-corrected chi connectivity index (χ2v) is 3.21. The molecule has 0 atom stereocenters. The molecule has 0 aliphatic heterocycles. The summed E-state index contributed by atoms with van der Waals surface area (Å²) in [5.74, 6) is 0. The van der Waals surface area contributed by atoms with Gasteiger partial charge in [0.2, 0.25) is 6.33 Å². The van der Waals surface area contributed by atoms with Crippen LogP contribution >= 0.6 is 0 Å². The van der Waals surface area contributed by atoms with E-state index in [1.54, 1.807) is 0 Å². The van der Waals surface area contributed by atoms with Gasteiger partial charge >= 0.3 is 12.4 Å². The Bertz CT molecular complexity index is 386. The van der Waals surface area contributed by atoms with Crippen molar-refractivity contribution in [2.75, 3.05) is 0 Å². The number of halogens is 6. The molecule has 1 aromatic rings. The molecule has 0 amide bonds. The van der Waals surface area contributed by atoms with E-state index in [-0.39, 0.29) is 6.54 Å². The van der Waals surface area contributed by atoms with Gasteiger partial charge < -0.3 is 0 Å². The van der Waals surface area contributed by atoms with Crippen LogP contribution in [0, 0.1) is 0 Å². The molecule has 0 fully saturated rings. The minimum Gasteiger partial charge on any atom is -0.228 e. The second kappa shape index (κ2) is 3.67. The zero-order chi connectivity index (χ0) is 12.7. The summed E-state index contributed by atoms with van der Waals surface area (Å²) in [7, 11) is 0.935. The number of hydrogen-bond donors (Lipinski definition) is 0. The molecule has 0 spiro atoms. The summed E-state index contributed by atoms with van der Waals surface area (Å²) in [6.45, 7) is 1.16. The summed E-state index contributed by atoms with van der Waals surface area (Å²) in [5, 5.41) is 0. The van der Waals surface area contributed by atoms with Gasteiger partial charge in [0, 0.05) is 0 Å². The summed E-state index contributed by atoms with van der Waals surface area (Å²) in [4.78, 5) is 0. The summed E-state index contributed by atoms with van der Waals surface area (Å²) in [5.41, 5.74) is -3.34. The molecule has 0 bridgehead atoms. The van der Waals surface area contributed by atoms with Gasteiger partial charge in [-0.15, -0.1) is 0 Å². The Labute approximate surface area is 87.1 Å². The van der Waals surface area contributed by atoms with Gasteiger partial charge in [0.1, 0.15) is 0 Å². The van der Waals surface area contributed by atoms with Crippen LogP contribution < -0.4 is 4.57 Å². The van der Waals surface area contributed by atoms with E-state index in [0.717, 1.165) is 13.4 Å². The minimum atomic E-state index is -5.03. The van der Waals surface area contributed by atoms with Crippen molar-refractivity contribution in [3.8, 4) is 0 Å². The molecule has 2 nitrogen and oxygen atoms in total. The van der Waals surface area contributed by atoms with Crippen LogP contribution in [0.15, 0.2) is 6.33 Å². The van der Waals surface area contributed by atoms with E-state index in [2.05, 4.69) is 0 Å². The van der Waals surface area contributed by atoms with Crippen LogP contribution in [0.5, 0.6) is 0 Å². The number of imidazole rings is 1. The molecular weight excluding hydrogens is 238 g/mol. The molecule has 92 valence electrons. The Morgan fingerprint density at radius 2 is 1.62 bits per heavy atom. The van der Waals surface area contributed by atoms with E-state index in [0.29, 0.717) is 9.13 Å². The van der Waals surface area contributed by atoms with Gasteiger partial charge in [-0.2, -0.15) is 26.3 Å². The Morgan fingerprint density at radius 1 is 1.12 bits per heavy atom. The van der Waals surface area contributed by atoms with Crippen LogP contribution in [-0.2, 0) is 25.9 Å². The normalized spacial score (nSPS) is 13.2. The van der Waals surface area contributed by atoms with Gasteiger partial charge in [-0.25, -0.2) is 9.13 Å². The largest absolute Gasteiger partial charge is 0.457 e. The monoisotopic (exact) mass is 247 g/mol. The molecule has 0 aliphatic rings. The molecule has 1 heterocycles. The number of aromatic nitrogens is 2. The molecule has 0 aliphatic carbocycles. The van der Waals surface area contributed by atoms with Crippen molar-refractivity contribution in [1.29, 1.82) is 0 Å². The number of rotatable bonds is 1.